The zero-order valence-electron chi connectivity index (χ0n) is 15.3. The maximum atomic E-state index is 13.2. The summed E-state index contributed by atoms with van der Waals surface area (Å²) in [5, 5.41) is 0. The number of sulfonamides is 1. The molecule has 1 unspecified atom stereocenters. The molecule has 144 valence electrons. The first-order chi connectivity index (χ1) is 12.8. The van der Waals surface area contributed by atoms with Crippen molar-refractivity contribution in [3.8, 4) is 0 Å². The number of ether oxygens (including phenoxy) is 1. The molecule has 2 aromatic rings. The largest absolute Gasteiger partial charge is 0.465 e. The van der Waals surface area contributed by atoms with Gasteiger partial charge in [-0.25, -0.2) is 23.2 Å². The monoisotopic (exact) mass is 390 g/mol. The van der Waals surface area contributed by atoms with E-state index in [1.54, 1.807) is 31.3 Å². The lowest BCUT2D eigenvalue weighted by Gasteiger charge is -2.32. The predicted octanol–water partition coefficient (Wildman–Crippen LogP) is 1.72. The van der Waals surface area contributed by atoms with Gasteiger partial charge in [0.05, 0.1) is 23.3 Å². The van der Waals surface area contributed by atoms with Crippen LogP contribution in [-0.2, 0) is 14.8 Å². The van der Waals surface area contributed by atoms with E-state index in [0.29, 0.717) is 25.1 Å². The van der Waals surface area contributed by atoms with Crippen molar-refractivity contribution < 1.29 is 17.9 Å². The Morgan fingerprint density at radius 3 is 2.81 bits per heavy atom. The summed E-state index contributed by atoms with van der Waals surface area (Å²) in [5.74, 6) is -0.436. The minimum absolute atomic E-state index is 0.0529. The lowest BCUT2D eigenvalue weighted by Crippen LogP contribution is -2.39. The number of hydrogen-bond donors (Lipinski definition) is 1. The maximum absolute atomic E-state index is 13.2. The summed E-state index contributed by atoms with van der Waals surface area (Å²) >= 11 is 0. The Hall–Kier alpha value is -2.52. The van der Waals surface area contributed by atoms with Gasteiger partial charge < -0.3 is 10.5 Å². The van der Waals surface area contributed by atoms with Gasteiger partial charge in [0.2, 0.25) is 16.0 Å². The number of carbonyl (C=O) groups is 1. The highest BCUT2D eigenvalue weighted by Gasteiger charge is 2.33. The van der Waals surface area contributed by atoms with Crippen molar-refractivity contribution in [1.29, 1.82) is 0 Å². The van der Waals surface area contributed by atoms with Crippen LogP contribution in [0.25, 0.3) is 0 Å². The molecule has 1 saturated heterocycles. The molecule has 1 fully saturated rings. The molecule has 2 N–H and O–H groups in total. The highest BCUT2D eigenvalue weighted by molar-refractivity contribution is 7.89. The first-order valence-corrected chi connectivity index (χ1v) is 10.0. The van der Waals surface area contributed by atoms with E-state index in [2.05, 4.69) is 9.97 Å². The molecule has 0 saturated carbocycles. The number of nitrogens with zero attached hydrogens (tertiary/aromatic N) is 3. The zero-order valence-corrected chi connectivity index (χ0v) is 16.1. The van der Waals surface area contributed by atoms with Crippen LogP contribution in [0.3, 0.4) is 0 Å². The topological polar surface area (TPSA) is 115 Å². The van der Waals surface area contributed by atoms with Gasteiger partial charge in [-0.2, -0.15) is 4.31 Å². The highest BCUT2D eigenvalue weighted by atomic mass is 32.2. The Morgan fingerprint density at radius 2 is 2.11 bits per heavy atom. The molecule has 0 bridgehead atoms. The number of nitrogen functional groups attached to an aromatic ring is 1. The minimum Gasteiger partial charge on any atom is -0.465 e. The van der Waals surface area contributed by atoms with Crippen molar-refractivity contribution in [2.75, 3.05) is 25.9 Å². The van der Waals surface area contributed by atoms with Crippen molar-refractivity contribution in [2.24, 2.45) is 0 Å². The molecular formula is C18H22N4O4S. The van der Waals surface area contributed by atoms with Crippen molar-refractivity contribution in [1.82, 2.24) is 14.3 Å². The van der Waals surface area contributed by atoms with Crippen molar-refractivity contribution in [2.45, 2.75) is 30.6 Å². The normalized spacial score (nSPS) is 18.2. The van der Waals surface area contributed by atoms with Crippen LogP contribution in [0.1, 0.15) is 40.4 Å². The van der Waals surface area contributed by atoms with Crippen molar-refractivity contribution in [3.05, 3.63) is 47.3 Å². The number of anilines is 1. The van der Waals surface area contributed by atoms with Gasteiger partial charge in [-0.05, 0) is 43.5 Å². The number of piperidine rings is 1. The van der Waals surface area contributed by atoms with Crippen LogP contribution in [-0.4, -0.2) is 48.9 Å². The van der Waals surface area contributed by atoms with E-state index in [-0.39, 0.29) is 22.3 Å². The van der Waals surface area contributed by atoms with E-state index in [1.165, 1.54) is 17.5 Å². The summed E-state index contributed by atoms with van der Waals surface area (Å²) in [6.07, 6.45) is 3.11. The summed E-state index contributed by atoms with van der Waals surface area (Å²) in [4.78, 5) is 20.1. The zero-order chi connectivity index (χ0) is 19.6. The molecule has 27 heavy (non-hydrogen) atoms. The number of nitrogens with two attached hydrogens (primary N) is 1. The Morgan fingerprint density at radius 1 is 1.33 bits per heavy atom. The number of esters is 1. The number of benzene rings is 1. The molecule has 9 heteroatoms. The van der Waals surface area contributed by atoms with Crippen LogP contribution in [0.15, 0.2) is 35.4 Å². The molecule has 3 rings (SSSR count). The molecule has 0 spiro atoms. The van der Waals surface area contributed by atoms with E-state index in [4.69, 9.17) is 10.5 Å². The van der Waals surface area contributed by atoms with Crippen LogP contribution in [0.4, 0.5) is 5.95 Å². The first-order valence-electron chi connectivity index (χ1n) is 8.61. The van der Waals surface area contributed by atoms with E-state index in [1.807, 2.05) is 0 Å². The molecule has 1 aliphatic heterocycles. The maximum Gasteiger partial charge on any atom is 0.338 e. The van der Waals surface area contributed by atoms with Crippen LogP contribution >= 0.6 is 0 Å². The Bertz CT molecular complexity index is 962. The summed E-state index contributed by atoms with van der Waals surface area (Å²) in [6, 6.07) is 6.39. The Labute approximate surface area is 158 Å². The number of aromatic nitrogens is 2. The van der Waals surface area contributed by atoms with E-state index in [9.17, 15) is 13.2 Å². The van der Waals surface area contributed by atoms with E-state index in [0.717, 1.165) is 12.1 Å². The van der Waals surface area contributed by atoms with Gasteiger partial charge in [0.15, 0.2) is 0 Å². The smallest absolute Gasteiger partial charge is 0.338 e. The van der Waals surface area contributed by atoms with E-state index < -0.39 is 16.0 Å². The van der Waals surface area contributed by atoms with Crippen molar-refractivity contribution >= 4 is 21.9 Å². The summed E-state index contributed by atoms with van der Waals surface area (Å²) in [7, 11) is -2.49. The van der Waals surface area contributed by atoms with Crippen LogP contribution in [0.2, 0.25) is 0 Å². The summed E-state index contributed by atoms with van der Waals surface area (Å²) in [6.45, 7) is 2.34. The lowest BCUT2D eigenvalue weighted by molar-refractivity contribution is 0.0599. The third-order valence-corrected chi connectivity index (χ3v) is 6.81. The van der Waals surface area contributed by atoms with Gasteiger partial charge in [-0.15, -0.1) is 0 Å². The molecule has 1 aliphatic rings. The van der Waals surface area contributed by atoms with Crippen LogP contribution < -0.4 is 5.73 Å². The highest BCUT2D eigenvalue weighted by Crippen LogP contribution is 2.31. The van der Waals surface area contributed by atoms with Crippen LogP contribution in [0, 0.1) is 6.92 Å². The third-order valence-electron chi connectivity index (χ3n) is 4.81. The average Bonchev–Trinajstić information content (AvgIpc) is 2.67. The van der Waals surface area contributed by atoms with Gasteiger partial charge in [0.1, 0.15) is 0 Å². The molecule has 0 amide bonds. The second-order valence-electron chi connectivity index (χ2n) is 6.46. The van der Waals surface area contributed by atoms with Gasteiger partial charge >= 0.3 is 5.97 Å². The fourth-order valence-electron chi connectivity index (χ4n) is 3.38. The van der Waals surface area contributed by atoms with E-state index >= 15 is 0 Å². The summed E-state index contributed by atoms with van der Waals surface area (Å²) in [5.41, 5.74) is 7.03. The lowest BCUT2D eigenvalue weighted by atomic mass is 9.96. The second kappa shape index (κ2) is 7.61. The third kappa shape index (κ3) is 3.79. The van der Waals surface area contributed by atoms with Crippen molar-refractivity contribution in [3.63, 3.8) is 0 Å². The fraction of sp³-hybridized carbons (Fsp3) is 0.389. The second-order valence-corrected chi connectivity index (χ2v) is 8.37. The van der Waals surface area contributed by atoms with Gasteiger partial charge in [0, 0.05) is 25.2 Å². The molecule has 2 heterocycles. The SMILES string of the molecule is COC(=O)c1cccc(S(=O)(=O)N2CCCC(c3ccnc(N)n3)C2)c1C. The molecule has 1 aromatic heterocycles. The van der Waals surface area contributed by atoms with Gasteiger partial charge in [0.25, 0.3) is 0 Å². The number of rotatable bonds is 4. The standard InChI is InChI=1S/C18H22N4O4S/c1-12-14(17(23)26-2)6-3-7-16(12)27(24,25)22-10-4-5-13(11-22)15-8-9-20-18(19)21-15/h3,6-9,13H,4-5,10-11H2,1-2H3,(H2,19,20,21). The number of carbonyl (C=O) groups excluding carboxylic acids is 1. The predicted molar refractivity (Wildman–Crippen MR) is 99.7 cm³/mol. The average molecular weight is 390 g/mol. The molecular weight excluding hydrogens is 368 g/mol. The van der Waals surface area contributed by atoms with Gasteiger partial charge in [-0.1, -0.05) is 6.07 Å². The fourth-order valence-corrected chi connectivity index (χ4v) is 5.15. The van der Waals surface area contributed by atoms with Crippen LogP contribution in [0.5, 0.6) is 0 Å². The molecule has 8 nitrogen and oxygen atoms in total. The minimum atomic E-state index is -3.76. The molecule has 0 radical (unpaired) electrons. The molecule has 0 aliphatic carbocycles. The number of hydrogen-bond acceptors (Lipinski definition) is 7. The Kier molecular flexibility index (Phi) is 5.43. The Balaban J connectivity index is 1.92. The quantitative estimate of drug-likeness (QED) is 0.790. The molecule has 1 aromatic carbocycles. The first kappa shape index (κ1) is 19.2. The molecule has 1 atom stereocenters. The summed E-state index contributed by atoms with van der Waals surface area (Å²) < 4.78 is 32.7. The number of methoxy groups -OCH3 is 1. The van der Waals surface area contributed by atoms with Gasteiger partial charge in [-0.3, -0.25) is 0 Å².